The molecule has 2 aliphatic rings. The van der Waals surface area contributed by atoms with E-state index in [1.54, 1.807) is 0 Å². The minimum atomic E-state index is 0.301. The second-order valence-corrected chi connectivity index (χ2v) is 7.33. The first kappa shape index (κ1) is 14.9. The molecule has 0 radical (unpaired) electrons. The topological polar surface area (TPSA) is 18.5 Å². The molecule has 2 aliphatic heterocycles. The number of hydroxylamine groups is 3. The molecule has 0 aromatic heterocycles. The zero-order chi connectivity index (χ0) is 16.9. The van der Waals surface area contributed by atoms with Gasteiger partial charge in [-0.2, -0.15) is 4.65 Å². The van der Waals surface area contributed by atoms with Crippen LogP contribution >= 0.6 is 0 Å². The maximum Gasteiger partial charge on any atom is 0.157 e. The van der Waals surface area contributed by atoms with E-state index < -0.39 is 0 Å². The largest absolute Gasteiger partial charge is 0.492 e. The smallest absolute Gasteiger partial charge is 0.157 e. The van der Waals surface area contributed by atoms with Crippen molar-refractivity contribution < 1.29 is 14.2 Å². The fraction of sp³-hybridized carbons (Fsp3) is 0.273. The van der Waals surface area contributed by atoms with E-state index in [4.69, 9.17) is 9.57 Å². The second-order valence-electron chi connectivity index (χ2n) is 7.33. The highest BCUT2D eigenvalue weighted by Crippen LogP contribution is 2.50. The number of fused-ring (bicyclic) bond motifs is 5. The summed E-state index contributed by atoms with van der Waals surface area (Å²) in [6.07, 6.45) is 0. The van der Waals surface area contributed by atoms with Crippen molar-refractivity contribution in [3.05, 3.63) is 77.9 Å². The van der Waals surface area contributed by atoms with Crippen molar-refractivity contribution in [2.24, 2.45) is 5.92 Å². The summed E-state index contributed by atoms with van der Waals surface area (Å²) < 4.78 is 6.68. The lowest BCUT2D eigenvalue weighted by atomic mass is 9.87. The summed E-state index contributed by atoms with van der Waals surface area (Å²) in [5.74, 6) is 1.41. The third kappa shape index (κ3) is 2.35. The first-order chi connectivity index (χ1) is 12.2. The lowest BCUT2D eigenvalue weighted by Crippen LogP contribution is -2.44. The fourth-order valence-corrected chi connectivity index (χ4v) is 4.52. The highest BCUT2D eigenvalue weighted by atomic mass is 16.7. The Labute approximate surface area is 147 Å². The molecular formula is C22H22NO2+. The van der Waals surface area contributed by atoms with Crippen LogP contribution in [-0.2, 0) is 11.4 Å². The van der Waals surface area contributed by atoms with Crippen molar-refractivity contribution in [1.82, 2.24) is 0 Å². The number of ether oxygens (including phenoxy) is 1. The van der Waals surface area contributed by atoms with E-state index >= 15 is 0 Å². The Morgan fingerprint density at radius 1 is 0.920 bits per heavy atom. The van der Waals surface area contributed by atoms with E-state index in [1.165, 1.54) is 21.9 Å². The van der Waals surface area contributed by atoms with Gasteiger partial charge >= 0.3 is 0 Å². The van der Waals surface area contributed by atoms with Gasteiger partial charge in [0.2, 0.25) is 0 Å². The summed E-state index contributed by atoms with van der Waals surface area (Å²) in [7, 11) is 2.22. The Balaban J connectivity index is 1.65. The zero-order valence-electron chi connectivity index (χ0n) is 14.4. The Hall–Kier alpha value is -2.36. The van der Waals surface area contributed by atoms with E-state index in [-0.39, 0.29) is 0 Å². The number of quaternary nitrogens is 1. The average molecular weight is 332 g/mol. The summed E-state index contributed by atoms with van der Waals surface area (Å²) >= 11 is 0. The molecule has 0 spiro atoms. The van der Waals surface area contributed by atoms with Crippen LogP contribution in [0.3, 0.4) is 0 Å². The minimum Gasteiger partial charge on any atom is -0.492 e. The van der Waals surface area contributed by atoms with E-state index in [0.29, 0.717) is 16.6 Å². The van der Waals surface area contributed by atoms with Crippen LogP contribution in [0, 0.1) is 5.92 Å². The van der Waals surface area contributed by atoms with Crippen molar-refractivity contribution >= 4 is 10.8 Å². The second kappa shape index (κ2) is 5.58. The predicted molar refractivity (Wildman–Crippen MR) is 98.0 cm³/mol. The first-order valence-electron chi connectivity index (χ1n) is 8.93. The summed E-state index contributed by atoms with van der Waals surface area (Å²) in [4.78, 5) is 6.35. The Bertz CT molecular complexity index is 924. The SMILES string of the molecule is C[N@@+]1(Cc2ccccc2)OC[C@@H]2COc3ccc4ccccc4c3[C@@H]21. The van der Waals surface area contributed by atoms with Gasteiger partial charge in [0.25, 0.3) is 0 Å². The molecule has 3 heteroatoms. The van der Waals surface area contributed by atoms with Crippen LogP contribution in [0.2, 0.25) is 0 Å². The van der Waals surface area contributed by atoms with Crippen LogP contribution in [0.4, 0.5) is 0 Å². The van der Waals surface area contributed by atoms with E-state index in [0.717, 1.165) is 25.5 Å². The van der Waals surface area contributed by atoms with Crippen molar-refractivity contribution in [2.75, 3.05) is 20.3 Å². The quantitative estimate of drug-likeness (QED) is 0.644. The van der Waals surface area contributed by atoms with Gasteiger partial charge in [-0.05, 0) is 16.8 Å². The third-order valence-electron chi connectivity index (χ3n) is 5.64. The normalized spacial score (nSPS) is 27.6. The van der Waals surface area contributed by atoms with Crippen LogP contribution in [0.5, 0.6) is 5.75 Å². The molecular weight excluding hydrogens is 310 g/mol. The highest BCUT2D eigenvalue weighted by molar-refractivity contribution is 5.88. The van der Waals surface area contributed by atoms with Crippen LogP contribution < -0.4 is 4.74 Å². The van der Waals surface area contributed by atoms with E-state index in [9.17, 15) is 0 Å². The molecule has 3 nitrogen and oxygen atoms in total. The highest BCUT2D eigenvalue weighted by Gasteiger charge is 2.52. The Morgan fingerprint density at radius 3 is 2.60 bits per heavy atom. The van der Waals surface area contributed by atoms with Crippen LogP contribution in [-0.4, -0.2) is 24.9 Å². The van der Waals surface area contributed by atoms with E-state index in [2.05, 4.69) is 73.8 Å². The molecule has 0 amide bonds. The molecule has 0 unspecified atom stereocenters. The van der Waals surface area contributed by atoms with Gasteiger partial charge in [-0.25, -0.2) is 4.84 Å². The lowest BCUT2D eigenvalue weighted by Gasteiger charge is -2.37. The molecule has 1 saturated heterocycles. The van der Waals surface area contributed by atoms with Crippen molar-refractivity contribution in [2.45, 2.75) is 12.6 Å². The fourth-order valence-electron chi connectivity index (χ4n) is 4.52. The van der Waals surface area contributed by atoms with Gasteiger partial charge in [-0.1, -0.05) is 60.7 Å². The van der Waals surface area contributed by atoms with Gasteiger partial charge in [-0.15, -0.1) is 0 Å². The number of rotatable bonds is 2. The zero-order valence-corrected chi connectivity index (χ0v) is 14.4. The summed E-state index contributed by atoms with van der Waals surface area (Å²) in [6.45, 7) is 2.35. The maximum absolute atomic E-state index is 6.35. The Morgan fingerprint density at radius 2 is 1.72 bits per heavy atom. The van der Waals surface area contributed by atoms with Crippen LogP contribution in [0.15, 0.2) is 66.7 Å². The summed E-state index contributed by atoms with van der Waals surface area (Å²) in [5, 5.41) is 2.56. The van der Waals surface area contributed by atoms with E-state index in [1.807, 2.05) is 0 Å². The number of benzene rings is 3. The first-order valence-corrected chi connectivity index (χ1v) is 8.93. The Kier molecular flexibility index (Phi) is 3.34. The molecule has 3 atom stereocenters. The summed E-state index contributed by atoms with van der Waals surface area (Å²) in [6, 6.07) is 23.8. The molecule has 5 rings (SSSR count). The molecule has 3 aromatic carbocycles. The molecule has 3 aromatic rings. The molecule has 126 valence electrons. The molecule has 0 aliphatic carbocycles. The molecule has 0 saturated carbocycles. The van der Waals surface area contributed by atoms with Gasteiger partial charge in [0.15, 0.2) is 6.04 Å². The monoisotopic (exact) mass is 332 g/mol. The van der Waals surface area contributed by atoms with Gasteiger partial charge < -0.3 is 4.74 Å². The van der Waals surface area contributed by atoms with Crippen molar-refractivity contribution in [1.29, 1.82) is 0 Å². The van der Waals surface area contributed by atoms with Crippen molar-refractivity contribution in [3.8, 4) is 5.75 Å². The van der Waals surface area contributed by atoms with Gasteiger partial charge in [-0.3, -0.25) is 0 Å². The number of nitrogens with zero attached hydrogens (tertiary/aromatic N) is 1. The number of hydrogen-bond donors (Lipinski definition) is 0. The molecule has 1 fully saturated rings. The predicted octanol–water partition coefficient (Wildman–Crippen LogP) is 4.48. The van der Waals surface area contributed by atoms with Gasteiger partial charge in [0.1, 0.15) is 18.9 Å². The maximum atomic E-state index is 6.35. The standard InChI is InChI=1S/C22H22NO2/c1-23(13-16-7-3-2-4-8-16)22-18(15-25-23)14-24-20-12-11-17-9-5-6-10-19(17)21(20)22/h2-12,18,22H,13-15H2,1H3/q+1/t18-,22+,23-/m0/s1. The molecule has 2 heterocycles. The van der Waals surface area contributed by atoms with Crippen molar-refractivity contribution in [3.63, 3.8) is 0 Å². The molecule has 25 heavy (non-hydrogen) atoms. The molecule has 0 bridgehead atoms. The minimum absolute atomic E-state index is 0.301. The van der Waals surface area contributed by atoms with Crippen LogP contribution in [0.25, 0.3) is 10.8 Å². The van der Waals surface area contributed by atoms with Gasteiger partial charge in [0, 0.05) is 5.56 Å². The van der Waals surface area contributed by atoms with Crippen LogP contribution in [0.1, 0.15) is 17.2 Å². The summed E-state index contributed by atoms with van der Waals surface area (Å²) in [5.41, 5.74) is 2.62. The lowest BCUT2D eigenvalue weighted by molar-refractivity contribution is -1.11. The third-order valence-corrected chi connectivity index (χ3v) is 5.64. The molecule has 0 N–H and O–H groups in total. The van der Waals surface area contributed by atoms with Gasteiger partial charge in [0.05, 0.1) is 25.1 Å². The number of hydrogen-bond acceptors (Lipinski definition) is 2. The average Bonchev–Trinajstić information content (AvgIpc) is 2.99.